The fraction of sp³-hybridized carbons (Fsp3) is 0.579. The molecule has 0 aromatic heterocycles. The Bertz CT molecular complexity index is 793. The van der Waals surface area contributed by atoms with Crippen LogP contribution in [0.4, 0.5) is 10.5 Å². The van der Waals surface area contributed by atoms with Gasteiger partial charge in [-0.2, -0.15) is 0 Å². The van der Waals surface area contributed by atoms with Crippen LogP contribution in [0.2, 0.25) is 5.02 Å². The quantitative estimate of drug-likeness (QED) is 0.573. The van der Waals surface area contributed by atoms with Gasteiger partial charge in [0.25, 0.3) is 11.6 Å². The van der Waals surface area contributed by atoms with E-state index in [2.05, 4.69) is 10.6 Å². The molecule has 0 radical (unpaired) electrons. The number of imide groups is 1. The maximum atomic E-state index is 12.3. The first-order valence-corrected chi connectivity index (χ1v) is 9.88. The number of ether oxygens (including phenoxy) is 1. The molecule has 1 aromatic rings. The van der Waals surface area contributed by atoms with Crippen molar-refractivity contribution in [2.75, 3.05) is 6.61 Å². The Hall–Kier alpha value is -2.35. The van der Waals surface area contributed by atoms with Crippen molar-refractivity contribution in [1.82, 2.24) is 10.6 Å². The number of halogens is 1. The zero-order valence-electron chi connectivity index (χ0n) is 15.3. The van der Waals surface area contributed by atoms with Gasteiger partial charge in [0.1, 0.15) is 5.75 Å². The monoisotopic (exact) mass is 407 g/mol. The van der Waals surface area contributed by atoms with Gasteiger partial charge in [0.05, 0.1) is 9.95 Å². The van der Waals surface area contributed by atoms with Gasteiger partial charge in [-0.05, 0) is 62.3 Å². The first kappa shape index (κ1) is 19.0. The molecule has 4 aliphatic carbocycles. The van der Waals surface area contributed by atoms with E-state index in [1.807, 2.05) is 0 Å². The van der Waals surface area contributed by atoms with Gasteiger partial charge in [-0.15, -0.1) is 0 Å². The highest BCUT2D eigenvalue weighted by molar-refractivity contribution is 6.32. The van der Waals surface area contributed by atoms with Crippen LogP contribution in [0.5, 0.6) is 5.75 Å². The summed E-state index contributed by atoms with van der Waals surface area (Å²) in [6.07, 6.45) is 6.79. The Balaban J connectivity index is 1.28. The van der Waals surface area contributed by atoms with Crippen molar-refractivity contribution >= 4 is 29.2 Å². The fourth-order valence-corrected chi connectivity index (χ4v) is 5.79. The van der Waals surface area contributed by atoms with Crippen molar-refractivity contribution < 1.29 is 19.2 Å². The fourth-order valence-electron chi connectivity index (χ4n) is 5.56. The summed E-state index contributed by atoms with van der Waals surface area (Å²) in [5, 5.41) is 16.1. The molecule has 0 spiro atoms. The molecule has 0 unspecified atom stereocenters. The Kier molecular flexibility index (Phi) is 4.91. The van der Waals surface area contributed by atoms with E-state index in [-0.39, 0.29) is 22.0 Å². The zero-order chi connectivity index (χ0) is 19.9. The van der Waals surface area contributed by atoms with Gasteiger partial charge in [0, 0.05) is 17.7 Å². The van der Waals surface area contributed by atoms with Crippen LogP contribution in [0.3, 0.4) is 0 Å². The number of rotatable bonds is 5. The van der Waals surface area contributed by atoms with Gasteiger partial charge in [-0.3, -0.25) is 20.2 Å². The third-order valence-electron chi connectivity index (χ3n) is 6.15. The summed E-state index contributed by atoms with van der Waals surface area (Å²) in [5.41, 5.74) is -0.349. The number of nitro benzene ring substituents is 1. The Morgan fingerprint density at radius 2 is 1.79 bits per heavy atom. The SMILES string of the molecule is O=C(COc1ccc([N+](=O)[O-])cc1Cl)NC(=O)NC12CC3CC(CC(C3)C1)C2. The van der Waals surface area contributed by atoms with E-state index < -0.39 is 23.5 Å². The number of non-ortho nitro benzene ring substituents is 1. The van der Waals surface area contributed by atoms with E-state index in [0.717, 1.165) is 25.3 Å². The lowest BCUT2D eigenvalue weighted by Gasteiger charge is -2.56. The van der Waals surface area contributed by atoms with Gasteiger partial charge in [0.15, 0.2) is 6.61 Å². The van der Waals surface area contributed by atoms with Gasteiger partial charge in [-0.1, -0.05) is 11.6 Å². The van der Waals surface area contributed by atoms with Gasteiger partial charge in [0.2, 0.25) is 0 Å². The minimum atomic E-state index is -0.600. The molecule has 1 aromatic carbocycles. The predicted molar refractivity (Wildman–Crippen MR) is 101 cm³/mol. The molecule has 3 amide bonds. The van der Waals surface area contributed by atoms with Crippen LogP contribution < -0.4 is 15.4 Å². The number of amides is 3. The van der Waals surface area contributed by atoms with Gasteiger partial charge in [-0.25, -0.2) is 4.79 Å². The normalized spacial score (nSPS) is 30.0. The number of hydrogen-bond donors (Lipinski definition) is 2. The summed E-state index contributed by atoms with van der Waals surface area (Å²) >= 11 is 5.93. The molecule has 28 heavy (non-hydrogen) atoms. The van der Waals surface area contributed by atoms with Gasteiger partial charge >= 0.3 is 6.03 Å². The number of nitrogens with one attached hydrogen (secondary N) is 2. The molecule has 4 bridgehead atoms. The maximum absolute atomic E-state index is 12.3. The minimum Gasteiger partial charge on any atom is -0.482 e. The van der Waals surface area contributed by atoms with Crippen molar-refractivity contribution in [3.8, 4) is 5.75 Å². The van der Waals surface area contributed by atoms with Crippen molar-refractivity contribution in [3.63, 3.8) is 0 Å². The highest BCUT2D eigenvalue weighted by Crippen LogP contribution is 2.55. The van der Waals surface area contributed by atoms with Crippen LogP contribution in [0, 0.1) is 27.9 Å². The molecule has 150 valence electrons. The van der Waals surface area contributed by atoms with Crippen LogP contribution in [0.15, 0.2) is 18.2 Å². The lowest BCUT2D eigenvalue weighted by atomic mass is 9.53. The molecule has 8 nitrogen and oxygen atoms in total. The molecule has 5 rings (SSSR count). The van der Waals surface area contributed by atoms with Crippen molar-refractivity contribution in [1.29, 1.82) is 0 Å². The average molecular weight is 408 g/mol. The van der Waals surface area contributed by atoms with Crippen LogP contribution >= 0.6 is 11.6 Å². The molecular weight excluding hydrogens is 386 g/mol. The van der Waals surface area contributed by atoms with Gasteiger partial charge < -0.3 is 10.1 Å². The first-order chi connectivity index (χ1) is 13.3. The number of benzene rings is 1. The Morgan fingerprint density at radius 3 is 2.32 bits per heavy atom. The molecule has 4 saturated carbocycles. The number of urea groups is 1. The van der Waals surface area contributed by atoms with E-state index >= 15 is 0 Å². The molecule has 0 aliphatic heterocycles. The molecular formula is C19H22ClN3O5. The summed E-state index contributed by atoms with van der Waals surface area (Å²) in [6, 6.07) is 3.21. The average Bonchev–Trinajstić information content (AvgIpc) is 2.58. The number of nitrogens with zero attached hydrogens (tertiary/aromatic N) is 1. The van der Waals surface area contributed by atoms with Crippen molar-refractivity contribution in [2.24, 2.45) is 17.8 Å². The number of carbonyl (C=O) groups excluding carboxylic acids is 2. The summed E-state index contributed by atoms with van der Waals surface area (Å²) in [4.78, 5) is 34.5. The molecule has 0 atom stereocenters. The van der Waals surface area contributed by atoms with E-state index in [0.29, 0.717) is 17.8 Å². The topological polar surface area (TPSA) is 111 Å². The standard InChI is InChI=1S/C19H22ClN3O5/c20-15-6-14(23(26)27)1-2-16(15)28-10-17(24)21-18(25)22-19-7-11-3-12(8-19)5-13(4-11)9-19/h1-2,6,11-13H,3-5,7-10H2,(H2,21,22,24,25). The predicted octanol–water partition coefficient (Wildman–Crippen LogP) is 3.42. The lowest BCUT2D eigenvalue weighted by Crippen LogP contribution is -2.62. The summed E-state index contributed by atoms with van der Waals surface area (Å²) < 4.78 is 5.28. The van der Waals surface area contributed by atoms with Crippen LogP contribution in [-0.4, -0.2) is 29.0 Å². The third-order valence-corrected chi connectivity index (χ3v) is 6.45. The number of carbonyl (C=O) groups is 2. The maximum Gasteiger partial charge on any atom is 0.321 e. The van der Waals surface area contributed by atoms with Crippen LogP contribution in [0.25, 0.3) is 0 Å². The summed E-state index contributed by atoms with van der Waals surface area (Å²) in [5.74, 6) is 1.61. The molecule has 4 aliphatic rings. The second-order valence-electron chi connectivity index (χ2n) is 8.36. The smallest absolute Gasteiger partial charge is 0.321 e. The van der Waals surface area contributed by atoms with Crippen molar-refractivity contribution in [2.45, 2.75) is 44.1 Å². The number of hydrogen-bond acceptors (Lipinski definition) is 5. The van der Waals surface area contributed by atoms with E-state index in [1.165, 1.54) is 31.4 Å². The Labute approximate surface area is 167 Å². The second-order valence-corrected chi connectivity index (χ2v) is 8.77. The molecule has 0 saturated heterocycles. The van der Waals surface area contributed by atoms with Crippen LogP contribution in [0.1, 0.15) is 38.5 Å². The first-order valence-electron chi connectivity index (χ1n) is 9.51. The highest BCUT2D eigenvalue weighted by Gasteiger charge is 2.51. The molecule has 2 N–H and O–H groups in total. The van der Waals surface area contributed by atoms with Crippen LogP contribution in [-0.2, 0) is 4.79 Å². The zero-order valence-corrected chi connectivity index (χ0v) is 16.0. The lowest BCUT2D eigenvalue weighted by molar-refractivity contribution is -0.384. The van der Waals surface area contributed by atoms with E-state index in [1.54, 1.807) is 0 Å². The third kappa shape index (κ3) is 3.92. The number of nitro groups is 1. The largest absolute Gasteiger partial charge is 0.482 e. The van der Waals surface area contributed by atoms with Crippen molar-refractivity contribution in [3.05, 3.63) is 33.3 Å². The molecule has 4 fully saturated rings. The highest BCUT2D eigenvalue weighted by atomic mass is 35.5. The summed E-state index contributed by atoms with van der Waals surface area (Å²) in [7, 11) is 0. The summed E-state index contributed by atoms with van der Waals surface area (Å²) in [6.45, 7) is -0.411. The second kappa shape index (κ2) is 7.24. The molecule has 0 heterocycles. The Morgan fingerprint density at radius 1 is 1.18 bits per heavy atom. The molecule has 9 heteroatoms. The minimum absolute atomic E-state index is 0.0278. The van der Waals surface area contributed by atoms with E-state index in [4.69, 9.17) is 16.3 Å². The van der Waals surface area contributed by atoms with E-state index in [9.17, 15) is 19.7 Å².